The number of aliphatic hydroxyl groups excluding tert-OH is 1. The van der Waals surface area contributed by atoms with Crippen LogP contribution in [0.5, 0.6) is 0 Å². The van der Waals surface area contributed by atoms with Crippen molar-refractivity contribution in [2.24, 2.45) is 17.3 Å². The minimum absolute atomic E-state index is 0.0280. The summed E-state index contributed by atoms with van der Waals surface area (Å²) in [5, 5.41) is 24.6. The molecule has 5 aromatic rings. The van der Waals surface area contributed by atoms with E-state index in [1.165, 1.54) is 0 Å². The Morgan fingerprint density at radius 1 is 0.625 bits per heavy atom. The molecule has 0 unspecified atom stereocenters. The quantitative estimate of drug-likeness (QED) is 0.0782. The molecule has 8 nitrogen and oxygen atoms in total. The summed E-state index contributed by atoms with van der Waals surface area (Å²) < 4.78 is 3.73. The molecule has 1 aliphatic heterocycles. The lowest BCUT2D eigenvalue weighted by molar-refractivity contribution is -0.432. The number of anilines is 4. The molecule has 0 saturated carbocycles. The fourth-order valence-electron chi connectivity index (χ4n) is 5.77. The molecule has 0 atom stereocenters. The predicted molar refractivity (Wildman–Crippen MR) is 193 cm³/mol. The Bertz CT molecular complexity index is 2080. The number of nitrogens with zero attached hydrogens (tertiary/aromatic N) is 6. The molecule has 0 bridgehead atoms. The highest BCUT2D eigenvalue weighted by molar-refractivity contribution is 6.39. The molecule has 8 heteroatoms. The van der Waals surface area contributed by atoms with E-state index in [9.17, 15) is 9.90 Å². The molecule has 0 saturated heterocycles. The Hall–Kier alpha value is -6.54. The predicted octanol–water partition coefficient (Wildman–Crippen LogP) is 7.78. The first-order valence-electron chi connectivity index (χ1n) is 15.6. The summed E-state index contributed by atoms with van der Waals surface area (Å²) in [6.45, 7) is 0. The molecule has 1 aliphatic carbocycles. The average Bonchev–Trinajstić information content (AvgIpc) is 3.67. The molecule has 234 valence electrons. The van der Waals surface area contributed by atoms with Crippen molar-refractivity contribution in [2.75, 3.05) is 17.1 Å². The first-order chi connectivity index (χ1) is 23.5. The van der Waals surface area contributed by atoms with Gasteiger partial charge in [-0.3, -0.25) is 4.79 Å². The van der Waals surface area contributed by atoms with Gasteiger partial charge in [-0.15, -0.1) is 0 Å². The van der Waals surface area contributed by atoms with Crippen LogP contribution in [0.15, 0.2) is 173 Å². The van der Waals surface area contributed by atoms with Gasteiger partial charge in [-0.1, -0.05) is 72.8 Å². The highest BCUT2D eigenvalue weighted by Crippen LogP contribution is 2.39. The van der Waals surface area contributed by atoms with Gasteiger partial charge in [-0.2, -0.15) is 14.8 Å². The lowest BCUT2D eigenvalue weighted by Crippen LogP contribution is -2.26. The number of aliphatic hydroxyl groups is 1. The molecule has 1 aromatic heterocycles. The second-order valence-electron chi connectivity index (χ2n) is 11.3. The van der Waals surface area contributed by atoms with Crippen LogP contribution in [-0.4, -0.2) is 45.2 Å². The molecule has 0 fully saturated rings. The Morgan fingerprint density at radius 3 is 1.54 bits per heavy atom. The lowest BCUT2D eigenvalue weighted by Gasteiger charge is -2.22. The number of Topliss-reactive ketones (excluding diaryl/α,β-unsaturated/α-hetero) is 1. The van der Waals surface area contributed by atoms with Crippen molar-refractivity contribution >= 4 is 52.2 Å². The van der Waals surface area contributed by atoms with Crippen LogP contribution in [0.1, 0.15) is 11.4 Å². The largest absolute Gasteiger partial charge is 0.506 e. The second kappa shape index (κ2) is 13.1. The van der Waals surface area contributed by atoms with Gasteiger partial charge in [0.25, 0.3) is 0 Å². The summed E-state index contributed by atoms with van der Waals surface area (Å²) in [5.41, 5.74) is 7.04. The summed E-state index contributed by atoms with van der Waals surface area (Å²) in [6, 6.07) is 43.4. The normalized spacial score (nSPS) is 16.0. The molecule has 7 rings (SSSR count). The van der Waals surface area contributed by atoms with Crippen LogP contribution in [-0.2, 0) is 11.8 Å². The van der Waals surface area contributed by atoms with Crippen LogP contribution in [0, 0.1) is 0 Å². The van der Waals surface area contributed by atoms with Gasteiger partial charge in [0.05, 0.1) is 45.9 Å². The number of para-hydroxylation sites is 4. The van der Waals surface area contributed by atoms with Gasteiger partial charge < -0.3 is 9.67 Å². The summed E-state index contributed by atoms with van der Waals surface area (Å²) in [7, 11) is 3.72. The maximum absolute atomic E-state index is 13.6. The first kappa shape index (κ1) is 30.1. The molecule has 1 N–H and O–H groups in total. The van der Waals surface area contributed by atoms with Crippen molar-refractivity contribution in [3.05, 3.63) is 174 Å². The molecular formula is C40H33N6O2+. The van der Waals surface area contributed by atoms with E-state index in [1.54, 1.807) is 12.4 Å². The smallest absolute Gasteiger partial charge is 0.225 e. The summed E-state index contributed by atoms with van der Waals surface area (Å²) in [6.07, 6.45) is 7.24. The zero-order chi connectivity index (χ0) is 33.0. The molecule has 2 aliphatic rings. The Labute approximate surface area is 279 Å². The molecule has 0 radical (unpaired) electrons. The summed E-state index contributed by atoms with van der Waals surface area (Å²) in [4.78, 5) is 13.6. The average molecular weight is 630 g/mol. The van der Waals surface area contributed by atoms with Gasteiger partial charge in [0, 0.05) is 19.2 Å². The van der Waals surface area contributed by atoms with E-state index in [1.807, 2.05) is 179 Å². The van der Waals surface area contributed by atoms with Gasteiger partial charge >= 0.3 is 0 Å². The number of rotatable bonds is 9. The van der Waals surface area contributed by atoms with Crippen LogP contribution < -0.4 is 10.0 Å². The number of carbonyl (C=O) groups is 1. The number of allylic oxidation sites excluding steroid dienone is 4. The van der Waals surface area contributed by atoms with Crippen LogP contribution in [0.4, 0.5) is 22.7 Å². The summed E-state index contributed by atoms with van der Waals surface area (Å²) >= 11 is 0. The van der Waals surface area contributed by atoms with Crippen molar-refractivity contribution in [1.82, 2.24) is 4.57 Å². The number of carbonyl (C=O) groups excluding carboxylic acids is 1. The van der Waals surface area contributed by atoms with Gasteiger partial charge in [0.2, 0.25) is 17.2 Å². The van der Waals surface area contributed by atoms with E-state index in [4.69, 9.17) is 10.2 Å². The van der Waals surface area contributed by atoms with E-state index >= 15 is 0 Å². The number of hydrogen-bond acceptors (Lipinski definition) is 6. The molecule has 0 amide bonds. The third kappa shape index (κ3) is 5.67. The highest BCUT2D eigenvalue weighted by Gasteiger charge is 2.42. The highest BCUT2D eigenvalue weighted by atomic mass is 16.3. The third-order valence-electron chi connectivity index (χ3n) is 8.38. The van der Waals surface area contributed by atoms with E-state index in [-0.39, 0.29) is 22.7 Å². The van der Waals surface area contributed by atoms with Crippen LogP contribution in [0.3, 0.4) is 0 Å². The number of hydrogen-bond donors (Lipinski definition) is 1. The summed E-state index contributed by atoms with van der Waals surface area (Å²) in [5.74, 6) is -0.243. The molecule has 48 heavy (non-hydrogen) atoms. The fraction of sp³-hybridized carbons (Fsp3) is 0.0500. The fourth-order valence-corrected chi connectivity index (χ4v) is 5.77. The van der Waals surface area contributed by atoms with Gasteiger partial charge in [-0.05, 0) is 60.7 Å². The van der Waals surface area contributed by atoms with Crippen molar-refractivity contribution < 1.29 is 14.5 Å². The number of benzene rings is 4. The van der Waals surface area contributed by atoms with Crippen LogP contribution in [0.25, 0.3) is 5.57 Å². The van der Waals surface area contributed by atoms with Gasteiger partial charge in [0.1, 0.15) is 24.6 Å². The van der Waals surface area contributed by atoms with Crippen LogP contribution >= 0.6 is 0 Å². The topological polar surface area (TPSA) is 76.4 Å². The first-order valence-corrected chi connectivity index (χ1v) is 15.6. The Morgan fingerprint density at radius 2 is 1.08 bits per heavy atom. The molecule has 2 heterocycles. The number of ketones is 1. The Kier molecular flexibility index (Phi) is 8.20. The monoisotopic (exact) mass is 629 g/mol. The van der Waals surface area contributed by atoms with Gasteiger partial charge in [-0.25, -0.2) is 10.0 Å². The number of hydrazone groups is 2. The van der Waals surface area contributed by atoms with Crippen molar-refractivity contribution in [3.63, 3.8) is 0 Å². The number of likely N-dealkylation sites (N-methyl/N-ethyl adjacent to an activating group) is 1. The van der Waals surface area contributed by atoms with E-state index in [2.05, 4.69) is 0 Å². The zero-order valence-corrected chi connectivity index (χ0v) is 26.5. The maximum atomic E-state index is 13.6. The minimum Gasteiger partial charge on any atom is -0.506 e. The Balaban J connectivity index is 1.16. The van der Waals surface area contributed by atoms with Crippen molar-refractivity contribution in [3.8, 4) is 0 Å². The standard InChI is InChI=1S/C40H32N6O2/c1-43-33(27-41-45(29-15-7-3-8-16-29)30-17-9-4-10-18-30)23-25-35(43)37-39(47)38(40(37)48)36-26-24-34(44(36)2)28-42-46(31-19-11-5-12-20-31)32-21-13-6-14-22-32/h3-28H,1-2H3/p+1. The lowest BCUT2D eigenvalue weighted by atomic mass is 9.84. The third-order valence-corrected chi connectivity index (χ3v) is 8.38. The van der Waals surface area contributed by atoms with E-state index < -0.39 is 0 Å². The maximum Gasteiger partial charge on any atom is 0.225 e. The zero-order valence-electron chi connectivity index (χ0n) is 26.5. The van der Waals surface area contributed by atoms with Gasteiger partial charge in [0.15, 0.2) is 0 Å². The van der Waals surface area contributed by atoms with Crippen molar-refractivity contribution in [2.45, 2.75) is 0 Å². The molecule has 4 aromatic carbocycles. The SMILES string of the molecule is Cn1c(/C=N/N(c2ccccc2)c2ccccc2)ccc1C1=C(O)/C(=C2\C=CC(/C=N/N(c3ccccc3)c3ccccc3)=[N+]2C)C1=O. The second-order valence-corrected chi connectivity index (χ2v) is 11.3. The van der Waals surface area contributed by atoms with E-state index in [0.29, 0.717) is 11.4 Å². The van der Waals surface area contributed by atoms with Crippen LogP contribution in [0.2, 0.25) is 0 Å². The number of aromatic nitrogens is 1. The molecule has 0 spiro atoms. The van der Waals surface area contributed by atoms with Crippen molar-refractivity contribution in [1.29, 1.82) is 0 Å². The van der Waals surface area contributed by atoms with E-state index in [0.717, 1.165) is 34.2 Å². The minimum atomic E-state index is -0.215. The molecular weight excluding hydrogens is 596 g/mol.